The molecule has 5 nitrogen and oxygen atoms in total. The Morgan fingerprint density at radius 1 is 1.47 bits per heavy atom. The third-order valence-electron chi connectivity index (χ3n) is 1.99. The number of carbonyl (C=O) groups excluding carboxylic acids is 1. The van der Waals surface area contributed by atoms with Crippen LogP contribution in [0, 0.1) is 0 Å². The van der Waals surface area contributed by atoms with Crippen LogP contribution in [0.4, 0.5) is 8.78 Å². The van der Waals surface area contributed by atoms with Crippen molar-refractivity contribution in [1.29, 1.82) is 0 Å². The lowest BCUT2D eigenvalue weighted by Crippen LogP contribution is -2.31. The summed E-state index contributed by atoms with van der Waals surface area (Å²) in [4.78, 5) is 26.4. The quantitative estimate of drug-likeness (QED) is 0.861. The van der Waals surface area contributed by atoms with Crippen molar-refractivity contribution in [3.05, 3.63) is 29.6 Å². The van der Waals surface area contributed by atoms with Crippen molar-refractivity contribution >= 4 is 11.9 Å². The Morgan fingerprint density at radius 2 is 2.12 bits per heavy atom. The van der Waals surface area contributed by atoms with Crippen molar-refractivity contribution in [2.45, 2.75) is 6.43 Å². The number of aromatic nitrogens is 1. The summed E-state index contributed by atoms with van der Waals surface area (Å²) in [6.07, 6.45) is -1.57. The number of amides is 1. The zero-order valence-electron chi connectivity index (χ0n) is 8.93. The molecule has 0 radical (unpaired) electrons. The predicted octanol–water partition coefficient (Wildman–Crippen LogP) is 1.12. The SMILES string of the molecule is CN(CC(F)F)C(=O)c1ccc(C(=O)O)nc1. The topological polar surface area (TPSA) is 70.5 Å². The summed E-state index contributed by atoms with van der Waals surface area (Å²) >= 11 is 0. The van der Waals surface area contributed by atoms with Crippen LogP contribution in [0.15, 0.2) is 18.3 Å². The van der Waals surface area contributed by atoms with Crippen LogP contribution in [0.25, 0.3) is 0 Å². The van der Waals surface area contributed by atoms with E-state index in [2.05, 4.69) is 4.98 Å². The lowest BCUT2D eigenvalue weighted by Gasteiger charge is -2.16. The van der Waals surface area contributed by atoms with Gasteiger partial charge in [0.1, 0.15) is 5.69 Å². The highest BCUT2D eigenvalue weighted by molar-refractivity contribution is 5.94. The fourth-order valence-corrected chi connectivity index (χ4v) is 1.16. The van der Waals surface area contributed by atoms with E-state index >= 15 is 0 Å². The van der Waals surface area contributed by atoms with Gasteiger partial charge in [-0.25, -0.2) is 18.6 Å². The van der Waals surface area contributed by atoms with Gasteiger partial charge in [0.05, 0.1) is 12.1 Å². The van der Waals surface area contributed by atoms with E-state index in [4.69, 9.17) is 5.11 Å². The van der Waals surface area contributed by atoms with Gasteiger partial charge in [0, 0.05) is 13.2 Å². The first-order valence-electron chi connectivity index (χ1n) is 4.64. The summed E-state index contributed by atoms with van der Waals surface area (Å²) in [5, 5.41) is 8.59. The van der Waals surface area contributed by atoms with Crippen LogP contribution in [0.2, 0.25) is 0 Å². The molecular weight excluding hydrogens is 234 g/mol. The van der Waals surface area contributed by atoms with Crippen LogP contribution in [-0.4, -0.2) is 46.9 Å². The van der Waals surface area contributed by atoms with Crippen molar-refractivity contribution in [3.8, 4) is 0 Å². The zero-order valence-corrected chi connectivity index (χ0v) is 8.93. The molecule has 0 fully saturated rings. The molecule has 7 heteroatoms. The molecule has 0 spiro atoms. The van der Waals surface area contributed by atoms with Crippen LogP contribution >= 0.6 is 0 Å². The molecule has 1 N–H and O–H groups in total. The lowest BCUT2D eigenvalue weighted by molar-refractivity contribution is 0.0618. The van der Waals surface area contributed by atoms with Gasteiger partial charge in [0.25, 0.3) is 12.3 Å². The summed E-state index contributed by atoms with van der Waals surface area (Å²) < 4.78 is 24.1. The van der Waals surface area contributed by atoms with E-state index in [0.29, 0.717) is 0 Å². The smallest absolute Gasteiger partial charge is 0.354 e. The summed E-state index contributed by atoms with van der Waals surface area (Å²) in [6, 6.07) is 2.38. The number of carboxylic acids is 1. The second kappa shape index (κ2) is 5.33. The number of carboxylic acid groups (broad SMARTS) is 1. The maximum absolute atomic E-state index is 12.0. The number of rotatable bonds is 4. The molecular formula is C10H10F2N2O3. The molecule has 0 saturated carbocycles. The van der Waals surface area contributed by atoms with Gasteiger partial charge >= 0.3 is 5.97 Å². The van der Waals surface area contributed by atoms with Crippen LogP contribution in [0.3, 0.4) is 0 Å². The summed E-state index contributed by atoms with van der Waals surface area (Å²) in [5.41, 5.74) is -0.142. The van der Waals surface area contributed by atoms with E-state index in [9.17, 15) is 18.4 Å². The van der Waals surface area contributed by atoms with Crippen LogP contribution in [0.5, 0.6) is 0 Å². The largest absolute Gasteiger partial charge is 0.477 e. The molecule has 92 valence electrons. The highest BCUT2D eigenvalue weighted by atomic mass is 19.3. The van der Waals surface area contributed by atoms with Gasteiger partial charge in [0.15, 0.2) is 0 Å². The molecule has 0 aliphatic heterocycles. The Bertz CT molecular complexity index is 420. The minimum atomic E-state index is -2.62. The lowest BCUT2D eigenvalue weighted by atomic mass is 10.2. The minimum absolute atomic E-state index is 0.0677. The summed E-state index contributed by atoms with van der Waals surface area (Å²) in [5.74, 6) is -1.85. The normalized spacial score (nSPS) is 10.4. The van der Waals surface area contributed by atoms with Gasteiger partial charge in [-0.05, 0) is 12.1 Å². The maximum atomic E-state index is 12.0. The van der Waals surface area contributed by atoms with Crippen molar-refractivity contribution in [2.24, 2.45) is 0 Å². The molecule has 1 amide bonds. The average Bonchev–Trinajstić information content (AvgIpc) is 2.27. The number of hydrogen-bond acceptors (Lipinski definition) is 3. The van der Waals surface area contributed by atoms with Gasteiger partial charge in [-0.3, -0.25) is 4.79 Å². The van der Waals surface area contributed by atoms with Gasteiger partial charge < -0.3 is 10.0 Å². The minimum Gasteiger partial charge on any atom is -0.477 e. The average molecular weight is 244 g/mol. The van der Waals surface area contributed by atoms with Gasteiger partial charge in [-0.1, -0.05) is 0 Å². The Labute approximate surface area is 95.7 Å². The van der Waals surface area contributed by atoms with Crippen molar-refractivity contribution in [3.63, 3.8) is 0 Å². The first-order chi connectivity index (χ1) is 7.91. The van der Waals surface area contributed by atoms with Gasteiger partial charge in [0.2, 0.25) is 0 Å². The number of nitrogens with zero attached hydrogens (tertiary/aromatic N) is 2. The molecule has 0 aliphatic rings. The predicted molar refractivity (Wildman–Crippen MR) is 54.2 cm³/mol. The number of aromatic carboxylic acids is 1. The Kier molecular flexibility index (Phi) is 4.08. The van der Waals surface area contributed by atoms with E-state index < -0.39 is 24.8 Å². The second-order valence-corrected chi connectivity index (χ2v) is 3.31. The standard InChI is InChI=1S/C10H10F2N2O3/c1-14(5-8(11)12)9(15)6-2-3-7(10(16)17)13-4-6/h2-4,8H,5H2,1H3,(H,16,17). The molecule has 1 heterocycles. The van der Waals surface area contributed by atoms with E-state index in [0.717, 1.165) is 17.2 Å². The van der Waals surface area contributed by atoms with Crippen molar-refractivity contribution < 1.29 is 23.5 Å². The van der Waals surface area contributed by atoms with E-state index in [1.807, 2.05) is 0 Å². The summed E-state index contributed by atoms with van der Waals surface area (Å²) in [7, 11) is 1.24. The van der Waals surface area contributed by atoms with Crippen LogP contribution < -0.4 is 0 Å². The highest BCUT2D eigenvalue weighted by Crippen LogP contribution is 2.06. The Hall–Kier alpha value is -2.05. The van der Waals surface area contributed by atoms with Crippen LogP contribution in [-0.2, 0) is 0 Å². The molecule has 1 aromatic heterocycles. The van der Waals surface area contributed by atoms with E-state index in [1.54, 1.807) is 0 Å². The first kappa shape index (κ1) is 13.0. The molecule has 1 aromatic rings. The second-order valence-electron chi connectivity index (χ2n) is 3.31. The first-order valence-corrected chi connectivity index (χ1v) is 4.64. The molecule has 0 atom stereocenters. The van der Waals surface area contributed by atoms with Crippen molar-refractivity contribution in [1.82, 2.24) is 9.88 Å². The maximum Gasteiger partial charge on any atom is 0.354 e. The van der Waals surface area contributed by atoms with Gasteiger partial charge in [-0.2, -0.15) is 0 Å². The van der Waals surface area contributed by atoms with E-state index in [-0.39, 0.29) is 11.3 Å². The molecule has 1 rings (SSSR count). The molecule has 0 unspecified atom stereocenters. The van der Waals surface area contributed by atoms with Crippen molar-refractivity contribution in [2.75, 3.05) is 13.6 Å². The third-order valence-corrected chi connectivity index (χ3v) is 1.99. The molecule has 0 saturated heterocycles. The monoisotopic (exact) mass is 244 g/mol. The van der Waals surface area contributed by atoms with Gasteiger partial charge in [-0.15, -0.1) is 0 Å². The molecule has 0 aromatic carbocycles. The highest BCUT2D eigenvalue weighted by Gasteiger charge is 2.16. The fourth-order valence-electron chi connectivity index (χ4n) is 1.16. The molecule has 0 aliphatic carbocycles. The third kappa shape index (κ3) is 3.47. The fraction of sp³-hybridized carbons (Fsp3) is 0.300. The number of carbonyl (C=O) groups is 2. The zero-order chi connectivity index (χ0) is 13.0. The van der Waals surface area contributed by atoms with Crippen LogP contribution in [0.1, 0.15) is 20.8 Å². The number of hydrogen-bond donors (Lipinski definition) is 1. The molecule has 17 heavy (non-hydrogen) atoms. The Morgan fingerprint density at radius 3 is 2.53 bits per heavy atom. The Balaban J connectivity index is 2.79. The summed E-state index contributed by atoms with van der Waals surface area (Å²) in [6.45, 7) is -0.681. The molecule has 0 bridgehead atoms. The number of alkyl halides is 2. The number of pyridine rings is 1. The van der Waals surface area contributed by atoms with E-state index in [1.165, 1.54) is 13.1 Å². The number of halogens is 2.